The zero-order valence-electron chi connectivity index (χ0n) is 35.3. The molecule has 0 unspecified atom stereocenters. The molecule has 1 saturated heterocycles. The Hall–Kier alpha value is -6.53. The van der Waals surface area contributed by atoms with E-state index in [2.05, 4.69) is 16.0 Å². The third-order valence-corrected chi connectivity index (χ3v) is 10.00. The van der Waals surface area contributed by atoms with Crippen molar-refractivity contribution >= 4 is 47.5 Å². The second-order valence-corrected chi connectivity index (χ2v) is 15.1. The molecule has 332 valence electrons. The smallest absolute Gasteiger partial charge is 0.407 e. The van der Waals surface area contributed by atoms with Crippen LogP contribution in [0.15, 0.2) is 66.7 Å². The van der Waals surface area contributed by atoms with E-state index in [1.165, 1.54) is 25.1 Å². The van der Waals surface area contributed by atoms with Gasteiger partial charge in [0.05, 0.1) is 12.3 Å². The summed E-state index contributed by atoms with van der Waals surface area (Å²) in [6.45, 7) is 8.26. The standard InChI is InChI=1S/C44H51N3O15/c1-22(2)37(47-44(55)57-20-33-31-14-10-8-12-29(31)30-13-9-11-15-32(30)33)42(54)45-23(3)41(53)46-34-17-16-28(19-48)18-35(34)61-43-40(60-27(7)52)39(59-26(6)51)38(58-25(5)50)36(62-43)21-56-24(4)49/h8-18,22-23,33,36-40,43,48H,19-21H2,1-7H3,(H,45,54)(H,46,53)(H,47,55)/t23-,36+,37-,38+,39-,40+,43+/m0/s1. The summed E-state index contributed by atoms with van der Waals surface area (Å²) in [6, 6.07) is 17.7. The van der Waals surface area contributed by atoms with E-state index in [0.29, 0.717) is 5.56 Å². The van der Waals surface area contributed by atoms with Gasteiger partial charge in [0.1, 0.15) is 37.2 Å². The fourth-order valence-corrected chi connectivity index (χ4v) is 7.19. The summed E-state index contributed by atoms with van der Waals surface area (Å²) in [5, 5.41) is 17.9. The molecule has 1 aliphatic carbocycles. The number of alkyl carbamates (subject to hydrolysis) is 1. The lowest BCUT2D eigenvalue weighted by Crippen LogP contribution is -2.63. The van der Waals surface area contributed by atoms with Gasteiger partial charge < -0.3 is 54.2 Å². The summed E-state index contributed by atoms with van der Waals surface area (Å²) in [7, 11) is 0. The Labute approximate surface area is 357 Å². The first-order valence-corrected chi connectivity index (χ1v) is 19.9. The van der Waals surface area contributed by atoms with Crippen molar-refractivity contribution in [1.29, 1.82) is 0 Å². The number of hydrogen-bond acceptors (Lipinski definition) is 15. The van der Waals surface area contributed by atoms with Crippen molar-refractivity contribution < 1.29 is 71.8 Å². The molecule has 0 radical (unpaired) electrons. The maximum atomic E-state index is 13.6. The first-order chi connectivity index (χ1) is 29.5. The average molecular weight is 862 g/mol. The monoisotopic (exact) mass is 861 g/mol. The third-order valence-electron chi connectivity index (χ3n) is 10.00. The highest BCUT2D eigenvalue weighted by molar-refractivity contribution is 5.99. The van der Waals surface area contributed by atoms with Gasteiger partial charge in [-0.2, -0.15) is 0 Å². The minimum atomic E-state index is -1.66. The fourth-order valence-electron chi connectivity index (χ4n) is 7.19. The first kappa shape index (κ1) is 46.5. The first-order valence-electron chi connectivity index (χ1n) is 19.9. The van der Waals surface area contributed by atoms with Crippen molar-refractivity contribution in [3.05, 3.63) is 83.4 Å². The summed E-state index contributed by atoms with van der Waals surface area (Å²) >= 11 is 0. The molecule has 3 aromatic carbocycles. The molecule has 1 heterocycles. The summed E-state index contributed by atoms with van der Waals surface area (Å²) in [6.07, 6.45) is -8.37. The Balaban J connectivity index is 1.30. The Morgan fingerprint density at radius 1 is 0.677 bits per heavy atom. The van der Waals surface area contributed by atoms with Crippen molar-refractivity contribution in [1.82, 2.24) is 10.6 Å². The van der Waals surface area contributed by atoms with E-state index in [0.717, 1.165) is 49.9 Å². The maximum Gasteiger partial charge on any atom is 0.407 e. The maximum absolute atomic E-state index is 13.6. The summed E-state index contributed by atoms with van der Waals surface area (Å²) in [5.74, 6) is -5.40. The van der Waals surface area contributed by atoms with E-state index in [1.54, 1.807) is 13.8 Å². The van der Waals surface area contributed by atoms with E-state index >= 15 is 0 Å². The number of aliphatic hydroxyl groups excluding tert-OH is 1. The van der Waals surface area contributed by atoms with E-state index in [4.69, 9.17) is 33.2 Å². The fraction of sp³-hybridized carbons (Fsp3) is 0.432. The van der Waals surface area contributed by atoms with E-state index in [9.17, 15) is 38.7 Å². The lowest BCUT2D eigenvalue weighted by Gasteiger charge is -2.44. The molecular weight excluding hydrogens is 810 g/mol. The van der Waals surface area contributed by atoms with Gasteiger partial charge >= 0.3 is 30.0 Å². The Bertz CT molecular complexity index is 2110. The predicted octanol–water partition coefficient (Wildman–Crippen LogP) is 3.65. The number of carbonyl (C=O) groups excluding carboxylic acids is 7. The normalized spacial score (nSPS) is 20.0. The topological polar surface area (TPSA) is 240 Å². The number of anilines is 1. The van der Waals surface area contributed by atoms with Gasteiger partial charge in [-0.05, 0) is 52.8 Å². The van der Waals surface area contributed by atoms with E-state index in [1.807, 2.05) is 48.5 Å². The zero-order valence-corrected chi connectivity index (χ0v) is 35.3. The van der Waals surface area contributed by atoms with Crippen LogP contribution in [0.5, 0.6) is 5.75 Å². The second-order valence-electron chi connectivity index (χ2n) is 15.1. The molecule has 0 bridgehead atoms. The molecule has 62 heavy (non-hydrogen) atoms. The second kappa shape index (κ2) is 20.8. The molecule has 7 atom stereocenters. The molecule has 2 aliphatic rings. The molecule has 3 amide bonds. The molecule has 18 nitrogen and oxygen atoms in total. The van der Waals surface area contributed by atoms with E-state index in [-0.39, 0.29) is 24.0 Å². The largest absolute Gasteiger partial charge is 0.463 e. The third kappa shape index (κ3) is 11.6. The number of hydrogen-bond donors (Lipinski definition) is 4. The molecule has 3 aromatic rings. The van der Waals surface area contributed by atoms with Crippen LogP contribution in [-0.4, -0.2) is 103 Å². The zero-order chi connectivity index (χ0) is 45.2. The molecule has 0 saturated carbocycles. The molecule has 0 aromatic heterocycles. The van der Waals surface area contributed by atoms with Gasteiger partial charge in [-0.15, -0.1) is 0 Å². The van der Waals surface area contributed by atoms with Crippen LogP contribution in [-0.2, 0) is 63.8 Å². The van der Waals surface area contributed by atoms with Crippen molar-refractivity contribution in [2.75, 3.05) is 18.5 Å². The summed E-state index contributed by atoms with van der Waals surface area (Å²) in [4.78, 5) is 88.9. The Morgan fingerprint density at radius 2 is 1.26 bits per heavy atom. The molecule has 1 aliphatic heterocycles. The number of carbonyl (C=O) groups is 7. The van der Waals surface area contributed by atoms with Gasteiger partial charge in [0, 0.05) is 33.6 Å². The average Bonchev–Trinajstić information content (AvgIpc) is 3.53. The van der Waals surface area contributed by atoms with Crippen molar-refractivity contribution in [3.63, 3.8) is 0 Å². The molecule has 18 heteroatoms. The van der Waals surface area contributed by atoms with Crippen LogP contribution in [0.4, 0.5) is 10.5 Å². The van der Waals surface area contributed by atoms with Crippen LogP contribution in [0.25, 0.3) is 11.1 Å². The van der Waals surface area contributed by atoms with Gasteiger partial charge in [0.15, 0.2) is 12.2 Å². The van der Waals surface area contributed by atoms with Crippen LogP contribution in [0, 0.1) is 5.92 Å². The minimum Gasteiger partial charge on any atom is -0.463 e. The van der Waals surface area contributed by atoms with Crippen molar-refractivity contribution in [2.45, 2.75) is 104 Å². The molecule has 4 N–H and O–H groups in total. The van der Waals surface area contributed by atoms with Crippen LogP contribution in [0.3, 0.4) is 0 Å². The van der Waals surface area contributed by atoms with Gasteiger partial charge in [-0.1, -0.05) is 68.4 Å². The Kier molecular flexibility index (Phi) is 15.6. The van der Waals surface area contributed by atoms with Crippen LogP contribution >= 0.6 is 0 Å². The number of fused-ring (bicyclic) bond motifs is 3. The predicted molar refractivity (Wildman–Crippen MR) is 218 cm³/mol. The molecular formula is C44H51N3O15. The summed E-state index contributed by atoms with van der Waals surface area (Å²) < 4.78 is 39.4. The number of esters is 4. The summed E-state index contributed by atoms with van der Waals surface area (Å²) in [5.41, 5.74) is 4.48. The number of amides is 3. The van der Waals surface area contributed by atoms with Crippen molar-refractivity contribution in [3.8, 4) is 16.9 Å². The van der Waals surface area contributed by atoms with Gasteiger partial charge in [-0.3, -0.25) is 28.8 Å². The minimum absolute atomic E-state index is 0.00155. The number of benzene rings is 3. The highest BCUT2D eigenvalue weighted by Gasteiger charge is 2.53. The Morgan fingerprint density at radius 3 is 1.82 bits per heavy atom. The molecule has 0 spiro atoms. The number of aliphatic hydroxyl groups is 1. The highest BCUT2D eigenvalue weighted by atomic mass is 16.7. The number of rotatable bonds is 16. The van der Waals surface area contributed by atoms with E-state index < -0.39 is 104 Å². The number of nitrogens with one attached hydrogen (secondary N) is 3. The van der Waals surface area contributed by atoms with Crippen LogP contribution in [0.2, 0.25) is 0 Å². The van der Waals surface area contributed by atoms with Crippen molar-refractivity contribution in [2.24, 2.45) is 5.92 Å². The van der Waals surface area contributed by atoms with Crippen LogP contribution < -0.4 is 20.7 Å². The van der Waals surface area contributed by atoms with Gasteiger partial charge in [0.2, 0.25) is 24.2 Å². The lowest BCUT2D eigenvalue weighted by atomic mass is 9.98. The van der Waals surface area contributed by atoms with Gasteiger partial charge in [-0.25, -0.2) is 4.79 Å². The molecule has 5 rings (SSSR count). The SMILES string of the molecule is CC(=O)OC[C@H]1O[C@@H](Oc2cc(CO)ccc2NC(=O)[C@H](C)NC(=O)[C@@H](NC(=O)OCC2c3ccccc3-c3ccccc32)C(C)C)[C@H](OC(C)=O)[C@@H](OC(C)=O)[C@@H]1OC(C)=O. The molecule has 1 fully saturated rings. The lowest BCUT2D eigenvalue weighted by molar-refractivity contribution is -0.288. The van der Waals surface area contributed by atoms with Crippen LogP contribution in [0.1, 0.15) is 71.1 Å². The number of ether oxygens (including phenoxy) is 7. The highest BCUT2D eigenvalue weighted by Crippen LogP contribution is 2.44. The van der Waals surface area contributed by atoms with Gasteiger partial charge in [0.25, 0.3) is 0 Å². The quantitative estimate of drug-likeness (QED) is 0.119.